The minimum Gasteiger partial charge on any atom is -0.480 e. The highest BCUT2D eigenvalue weighted by atomic mass is 79.9. The van der Waals surface area contributed by atoms with Gasteiger partial charge in [-0.05, 0) is 34.1 Å². The highest BCUT2D eigenvalue weighted by molar-refractivity contribution is 9.10. The number of aliphatic carboxylic acids is 1. The molecule has 0 fully saturated rings. The number of hydrogen-bond acceptors (Lipinski definition) is 3. The first-order chi connectivity index (χ1) is 8.45. The molecule has 0 saturated carbocycles. The lowest BCUT2D eigenvalue weighted by Gasteiger charge is -2.21. The third kappa shape index (κ3) is 3.50. The van der Waals surface area contributed by atoms with Crippen molar-refractivity contribution in [2.75, 3.05) is 18.0 Å². The Kier molecular flexibility index (Phi) is 4.75. The quantitative estimate of drug-likeness (QED) is 0.797. The number of carbonyl (C=O) groups excluding carboxylic acids is 1. The Bertz CT molecular complexity index is 523. The molecule has 0 bridgehead atoms. The molecule has 1 amide bonds. The number of amides is 1. The SMILES string of the molecule is C#CCN(CC(=O)O)c1ccc(C(N)=O)cc1Br. The highest BCUT2D eigenvalue weighted by Gasteiger charge is 2.14. The summed E-state index contributed by atoms with van der Waals surface area (Å²) in [5.74, 6) is 0.845. The molecule has 1 aromatic carbocycles. The molecule has 0 unspecified atom stereocenters. The van der Waals surface area contributed by atoms with E-state index in [1.54, 1.807) is 6.07 Å². The van der Waals surface area contributed by atoms with Crippen LogP contribution in [-0.4, -0.2) is 30.1 Å². The number of carboxylic acids is 1. The van der Waals surface area contributed by atoms with Crippen molar-refractivity contribution in [3.05, 3.63) is 28.2 Å². The van der Waals surface area contributed by atoms with Crippen LogP contribution >= 0.6 is 15.9 Å². The number of nitrogens with two attached hydrogens (primary N) is 1. The fraction of sp³-hybridized carbons (Fsp3) is 0.167. The number of primary amides is 1. The van der Waals surface area contributed by atoms with Crippen molar-refractivity contribution in [1.82, 2.24) is 0 Å². The number of carboxylic acid groups (broad SMARTS) is 1. The number of anilines is 1. The fourth-order valence-electron chi connectivity index (χ4n) is 1.42. The van der Waals surface area contributed by atoms with Crippen molar-refractivity contribution in [3.63, 3.8) is 0 Å². The molecule has 0 aromatic heterocycles. The fourth-order valence-corrected chi connectivity index (χ4v) is 2.05. The normalized spacial score (nSPS) is 9.56. The Labute approximate surface area is 113 Å². The molecule has 5 nitrogen and oxygen atoms in total. The van der Waals surface area contributed by atoms with E-state index in [1.165, 1.54) is 17.0 Å². The maximum atomic E-state index is 11.0. The summed E-state index contributed by atoms with van der Waals surface area (Å²) in [6, 6.07) is 4.65. The van der Waals surface area contributed by atoms with Gasteiger partial charge in [0.2, 0.25) is 5.91 Å². The van der Waals surface area contributed by atoms with Gasteiger partial charge in [0.25, 0.3) is 0 Å². The second-order valence-corrected chi connectivity index (χ2v) is 4.34. The van der Waals surface area contributed by atoms with Crippen LogP contribution in [0.4, 0.5) is 5.69 Å². The average molecular weight is 311 g/mol. The van der Waals surface area contributed by atoms with Crippen LogP contribution in [-0.2, 0) is 4.79 Å². The van der Waals surface area contributed by atoms with Gasteiger partial charge < -0.3 is 15.7 Å². The zero-order chi connectivity index (χ0) is 13.7. The van der Waals surface area contributed by atoms with Gasteiger partial charge in [0, 0.05) is 10.0 Å². The second kappa shape index (κ2) is 6.07. The number of halogens is 1. The van der Waals surface area contributed by atoms with E-state index in [-0.39, 0.29) is 13.1 Å². The van der Waals surface area contributed by atoms with E-state index in [2.05, 4.69) is 21.9 Å². The van der Waals surface area contributed by atoms with E-state index >= 15 is 0 Å². The summed E-state index contributed by atoms with van der Waals surface area (Å²) in [5.41, 5.74) is 6.08. The Hall–Kier alpha value is -2.00. The van der Waals surface area contributed by atoms with Crippen molar-refractivity contribution in [2.24, 2.45) is 5.73 Å². The van der Waals surface area contributed by atoms with Gasteiger partial charge in [0.1, 0.15) is 6.54 Å². The van der Waals surface area contributed by atoms with E-state index < -0.39 is 11.9 Å². The van der Waals surface area contributed by atoms with Crippen LogP contribution in [0.5, 0.6) is 0 Å². The summed E-state index contributed by atoms with van der Waals surface area (Å²) in [6.07, 6.45) is 5.20. The molecular formula is C12H11BrN2O3. The van der Waals surface area contributed by atoms with E-state index in [4.69, 9.17) is 17.3 Å². The Morgan fingerprint density at radius 1 is 1.50 bits per heavy atom. The Balaban J connectivity index is 3.09. The molecule has 0 aliphatic carbocycles. The topological polar surface area (TPSA) is 83.6 Å². The van der Waals surface area contributed by atoms with Crippen molar-refractivity contribution < 1.29 is 14.7 Å². The van der Waals surface area contributed by atoms with E-state index in [1.807, 2.05) is 0 Å². The summed E-state index contributed by atoms with van der Waals surface area (Å²) >= 11 is 3.27. The van der Waals surface area contributed by atoms with Gasteiger partial charge in [-0.2, -0.15) is 0 Å². The molecule has 94 valence electrons. The predicted molar refractivity (Wildman–Crippen MR) is 71.3 cm³/mol. The molecule has 1 aromatic rings. The van der Waals surface area contributed by atoms with E-state index in [9.17, 15) is 9.59 Å². The first-order valence-corrected chi connectivity index (χ1v) is 5.74. The molecule has 0 radical (unpaired) electrons. The van der Waals surface area contributed by atoms with E-state index in [0.717, 1.165) is 0 Å². The van der Waals surface area contributed by atoms with E-state index in [0.29, 0.717) is 15.7 Å². The lowest BCUT2D eigenvalue weighted by Crippen LogP contribution is -2.30. The zero-order valence-electron chi connectivity index (χ0n) is 9.39. The van der Waals surface area contributed by atoms with Crippen molar-refractivity contribution in [1.29, 1.82) is 0 Å². The molecule has 0 atom stereocenters. The largest absolute Gasteiger partial charge is 0.480 e. The number of nitrogens with zero attached hydrogens (tertiary/aromatic N) is 1. The lowest BCUT2D eigenvalue weighted by molar-refractivity contribution is -0.135. The summed E-state index contributed by atoms with van der Waals surface area (Å²) in [6.45, 7) is -0.0699. The highest BCUT2D eigenvalue weighted by Crippen LogP contribution is 2.27. The van der Waals surface area contributed by atoms with Crippen LogP contribution in [0.25, 0.3) is 0 Å². The summed E-state index contributed by atoms with van der Waals surface area (Å²) in [7, 11) is 0. The van der Waals surface area contributed by atoms with Gasteiger partial charge in [-0.15, -0.1) is 6.42 Å². The lowest BCUT2D eigenvalue weighted by atomic mass is 10.2. The number of carbonyl (C=O) groups is 2. The van der Waals surface area contributed by atoms with Gasteiger partial charge in [0.05, 0.1) is 12.2 Å². The predicted octanol–water partition coefficient (Wildman–Crippen LogP) is 1.07. The van der Waals surface area contributed by atoms with Gasteiger partial charge in [-0.25, -0.2) is 0 Å². The molecule has 1 rings (SSSR count). The molecule has 6 heteroatoms. The number of rotatable bonds is 5. The van der Waals surface area contributed by atoms with Gasteiger partial charge in [-0.1, -0.05) is 5.92 Å². The third-order valence-electron chi connectivity index (χ3n) is 2.18. The van der Waals surface area contributed by atoms with Gasteiger partial charge >= 0.3 is 5.97 Å². The van der Waals surface area contributed by atoms with Crippen molar-refractivity contribution in [3.8, 4) is 12.3 Å². The van der Waals surface area contributed by atoms with Crippen LogP contribution in [0.3, 0.4) is 0 Å². The van der Waals surface area contributed by atoms with Crippen LogP contribution in [0, 0.1) is 12.3 Å². The first-order valence-electron chi connectivity index (χ1n) is 4.95. The third-order valence-corrected chi connectivity index (χ3v) is 2.82. The first kappa shape index (κ1) is 14.1. The second-order valence-electron chi connectivity index (χ2n) is 3.48. The number of terminal acetylenes is 1. The maximum Gasteiger partial charge on any atom is 0.323 e. The number of benzene rings is 1. The molecule has 0 aliphatic rings. The monoisotopic (exact) mass is 310 g/mol. The van der Waals surface area contributed by atoms with Crippen molar-refractivity contribution in [2.45, 2.75) is 0 Å². The Morgan fingerprint density at radius 3 is 2.61 bits per heavy atom. The molecule has 0 aliphatic heterocycles. The number of hydrogen-bond donors (Lipinski definition) is 2. The smallest absolute Gasteiger partial charge is 0.323 e. The zero-order valence-corrected chi connectivity index (χ0v) is 11.0. The molecule has 3 N–H and O–H groups in total. The standard InChI is InChI=1S/C12H11BrN2O3/c1-2-5-15(7-11(16)17)10-4-3-8(12(14)18)6-9(10)13/h1,3-4,6H,5,7H2,(H2,14,18)(H,16,17). The van der Waals surface area contributed by atoms with Crippen LogP contribution in [0.2, 0.25) is 0 Å². The Morgan fingerprint density at radius 2 is 2.17 bits per heavy atom. The molecular weight excluding hydrogens is 300 g/mol. The summed E-state index contributed by atoms with van der Waals surface area (Å²) < 4.78 is 0.565. The molecule has 0 spiro atoms. The minimum absolute atomic E-state index is 0.154. The maximum absolute atomic E-state index is 11.0. The molecule has 0 heterocycles. The molecule has 18 heavy (non-hydrogen) atoms. The summed E-state index contributed by atoms with van der Waals surface area (Å²) in [5, 5.41) is 8.81. The van der Waals surface area contributed by atoms with Crippen LogP contribution in [0.15, 0.2) is 22.7 Å². The average Bonchev–Trinajstić information content (AvgIpc) is 2.27. The van der Waals surface area contributed by atoms with Crippen LogP contribution in [0.1, 0.15) is 10.4 Å². The van der Waals surface area contributed by atoms with Crippen molar-refractivity contribution >= 4 is 33.5 Å². The van der Waals surface area contributed by atoms with Gasteiger partial charge in [-0.3, -0.25) is 9.59 Å². The van der Waals surface area contributed by atoms with Crippen LogP contribution < -0.4 is 10.6 Å². The van der Waals surface area contributed by atoms with Gasteiger partial charge in [0.15, 0.2) is 0 Å². The summed E-state index contributed by atoms with van der Waals surface area (Å²) in [4.78, 5) is 23.2. The molecule has 0 saturated heterocycles. The minimum atomic E-state index is -0.990.